The van der Waals surface area contributed by atoms with Gasteiger partial charge >= 0.3 is 0 Å². The van der Waals surface area contributed by atoms with Crippen molar-refractivity contribution < 1.29 is 0 Å². The van der Waals surface area contributed by atoms with Gasteiger partial charge in [0.15, 0.2) is 5.84 Å². The van der Waals surface area contributed by atoms with E-state index in [1.165, 1.54) is 85.8 Å². The summed E-state index contributed by atoms with van der Waals surface area (Å²) in [5.41, 5.74) is 18.1. The Morgan fingerprint density at radius 1 is 0.329 bits per heavy atom. The van der Waals surface area contributed by atoms with Gasteiger partial charge in [-0.3, -0.25) is 0 Å². The Bertz CT molecular complexity index is 5020. The predicted molar refractivity (Wildman–Crippen MR) is 348 cm³/mol. The molecule has 16 rings (SSSR count). The average molecular weight is 1060 g/mol. The molecule has 0 aliphatic carbocycles. The normalized spacial score (nSPS) is 13.5. The molecule has 2 aromatic heterocycles. The number of hydrogen-bond acceptors (Lipinski definition) is 4. The molecule has 1 N–H and O–H groups in total. The Hall–Kier alpha value is -10.5. The number of nitrogens with one attached hydrogen (secondary N) is 1. The van der Waals surface area contributed by atoms with Crippen molar-refractivity contribution in [1.82, 2.24) is 9.88 Å². The van der Waals surface area contributed by atoms with Crippen molar-refractivity contribution in [2.75, 3.05) is 0 Å². The molecule has 384 valence electrons. The van der Waals surface area contributed by atoms with Gasteiger partial charge in [-0.2, -0.15) is 0 Å². The van der Waals surface area contributed by atoms with E-state index in [1.54, 1.807) is 0 Å². The third-order valence-electron chi connectivity index (χ3n) is 16.5. The smallest absolute Gasteiger partial charge is 0.159 e. The molecule has 0 saturated carbocycles. The first-order chi connectivity index (χ1) is 40.6. The van der Waals surface area contributed by atoms with Gasteiger partial charge < -0.3 is 9.88 Å². The molecular weight excluding hydrogens is 1010 g/mol. The molecule has 1 unspecified atom stereocenters. The molecule has 5 heteroatoms. The van der Waals surface area contributed by atoms with Crippen LogP contribution in [0, 0.1) is 0 Å². The third kappa shape index (κ3) is 8.37. The van der Waals surface area contributed by atoms with Gasteiger partial charge in [0.1, 0.15) is 12.0 Å². The highest BCUT2D eigenvalue weighted by Gasteiger charge is 2.25. The number of aromatic nitrogens is 1. The lowest BCUT2D eigenvalue weighted by Gasteiger charge is -2.25. The zero-order chi connectivity index (χ0) is 54.1. The van der Waals surface area contributed by atoms with Crippen molar-refractivity contribution in [3.8, 4) is 61.3 Å². The Kier molecular flexibility index (Phi) is 11.4. The quantitative estimate of drug-likeness (QED) is 0.154. The van der Waals surface area contributed by atoms with E-state index in [0.29, 0.717) is 5.84 Å². The average Bonchev–Trinajstić information content (AvgIpc) is 4.18. The summed E-state index contributed by atoms with van der Waals surface area (Å²) in [7, 11) is 0. The lowest BCUT2D eigenvalue weighted by Crippen LogP contribution is -2.33. The molecule has 3 heterocycles. The molecule has 1 aliphatic heterocycles. The van der Waals surface area contributed by atoms with Gasteiger partial charge in [0.25, 0.3) is 0 Å². The maximum atomic E-state index is 5.54. The second-order valence-electron chi connectivity index (χ2n) is 21.3. The summed E-state index contributed by atoms with van der Waals surface area (Å²) in [6, 6.07) is 106. The molecule has 0 spiro atoms. The van der Waals surface area contributed by atoms with Crippen LogP contribution < -0.4 is 5.32 Å². The molecule has 1 atom stereocenters. The van der Waals surface area contributed by atoms with Crippen molar-refractivity contribution in [2.45, 2.75) is 6.17 Å². The molecule has 13 aromatic carbocycles. The van der Waals surface area contributed by atoms with Gasteiger partial charge in [0.05, 0.1) is 16.7 Å². The number of rotatable bonds is 9. The monoisotopic (exact) mass is 1060 g/mol. The minimum Gasteiger partial charge on any atom is -0.344 e. The van der Waals surface area contributed by atoms with E-state index in [0.717, 1.165) is 61.6 Å². The third-order valence-corrected chi connectivity index (χ3v) is 17.6. The number of aliphatic imine (C=N–C) groups is 2. The van der Waals surface area contributed by atoms with Crippen LogP contribution in [0.3, 0.4) is 0 Å². The molecule has 0 amide bonds. The minimum absolute atomic E-state index is 0.471. The fourth-order valence-electron chi connectivity index (χ4n) is 12.3. The van der Waals surface area contributed by atoms with Crippen molar-refractivity contribution in [2.24, 2.45) is 9.98 Å². The number of amidine groups is 2. The Morgan fingerprint density at radius 2 is 0.817 bits per heavy atom. The van der Waals surface area contributed by atoms with Crippen molar-refractivity contribution in [1.29, 1.82) is 0 Å². The molecule has 15 aromatic rings. The Balaban J connectivity index is 0.847. The van der Waals surface area contributed by atoms with E-state index in [1.807, 2.05) is 11.3 Å². The summed E-state index contributed by atoms with van der Waals surface area (Å²) >= 11 is 1.85. The highest BCUT2D eigenvalue weighted by Crippen LogP contribution is 2.44. The number of benzene rings is 13. The predicted octanol–water partition coefficient (Wildman–Crippen LogP) is 20.3. The standard InChI is InChI=1S/C77H50N4S/c1-3-13-49(14-4-1)51-23-27-53(28-24-51)55-31-35-58(36-32-55)75-78-76(59-37-33-56(34-38-59)54-29-25-52(26-30-54)50-15-5-2-6-16-50)80-77(79-75)63-41-44-70(68(46-63)62-40-42-66-65-21-11-12-22-72(65)82-73(66)48-62)81-71-47-61-19-8-7-18-60(61)45-69(71)67-43-39-57-17-9-10-20-64(57)74(67)81/h1-48,77H,(H,78,79,80). The summed E-state index contributed by atoms with van der Waals surface area (Å²) in [5, 5.41) is 13.7. The van der Waals surface area contributed by atoms with E-state index in [-0.39, 0.29) is 0 Å². The summed E-state index contributed by atoms with van der Waals surface area (Å²) in [4.78, 5) is 10.9. The van der Waals surface area contributed by atoms with Crippen molar-refractivity contribution >= 4 is 86.5 Å². The number of hydrogen-bond donors (Lipinski definition) is 1. The fraction of sp³-hybridized carbons (Fsp3) is 0.0130. The summed E-state index contributed by atoms with van der Waals surface area (Å²) in [5.74, 6) is 1.43. The van der Waals surface area contributed by atoms with Crippen LogP contribution in [0.15, 0.2) is 301 Å². The molecule has 0 radical (unpaired) electrons. The van der Waals surface area contributed by atoms with Gasteiger partial charge in [-0.25, -0.2) is 9.98 Å². The van der Waals surface area contributed by atoms with Gasteiger partial charge in [-0.15, -0.1) is 11.3 Å². The zero-order valence-electron chi connectivity index (χ0n) is 44.5. The summed E-state index contributed by atoms with van der Waals surface area (Å²) in [6.45, 7) is 0. The first-order valence-electron chi connectivity index (χ1n) is 28.0. The molecule has 0 bridgehead atoms. The maximum absolute atomic E-state index is 5.54. The second kappa shape index (κ2) is 19.7. The van der Waals surface area contributed by atoms with Crippen LogP contribution in [-0.2, 0) is 0 Å². The maximum Gasteiger partial charge on any atom is 0.159 e. The van der Waals surface area contributed by atoms with E-state index in [2.05, 4.69) is 301 Å². The van der Waals surface area contributed by atoms with E-state index < -0.39 is 6.17 Å². The van der Waals surface area contributed by atoms with Gasteiger partial charge in [-0.1, -0.05) is 255 Å². The van der Waals surface area contributed by atoms with Crippen LogP contribution in [0.5, 0.6) is 0 Å². The van der Waals surface area contributed by atoms with E-state index in [9.17, 15) is 0 Å². The molecule has 0 saturated heterocycles. The first-order valence-corrected chi connectivity index (χ1v) is 28.8. The Labute approximate surface area is 478 Å². The first kappa shape index (κ1) is 47.5. The minimum atomic E-state index is -0.471. The summed E-state index contributed by atoms with van der Waals surface area (Å²) < 4.78 is 5.06. The van der Waals surface area contributed by atoms with Crippen LogP contribution in [-0.4, -0.2) is 16.2 Å². The van der Waals surface area contributed by atoms with Crippen molar-refractivity contribution in [3.05, 3.63) is 308 Å². The molecular formula is C77H50N4S. The summed E-state index contributed by atoms with van der Waals surface area (Å²) in [6.07, 6.45) is -0.471. The van der Waals surface area contributed by atoms with Crippen LogP contribution in [0.25, 0.3) is 125 Å². The highest BCUT2D eigenvalue weighted by atomic mass is 32.1. The van der Waals surface area contributed by atoms with Crippen LogP contribution in [0.4, 0.5) is 0 Å². The lowest BCUT2D eigenvalue weighted by molar-refractivity contribution is 0.674. The van der Waals surface area contributed by atoms with Gasteiger partial charge in [0.2, 0.25) is 0 Å². The van der Waals surface area contributed by atoms with E-state index in [4.69, 9.17) is 9.98 Å². The van der Waals surface area contributed by atoms with E-state index >= 15 is 0 Å². The molecule has 82 heavy (non-hydrogen) atoms. The Morgan fingerprint density at radius 3 is 1.45 bits per heavy atom. The molecule has 0 fully saturated rings. The number of nitrogens with zero attached hydrogens (tertiary/aromatic N) is 3. The SMILES string of the molecule is c1ccc(-c2ccc(-c3ccc(C4=NC(c5ccc(-n6c7cc8ccccc8cc7c7ccc8ccccc8c76)c(-c6ccc7c(c6)sc6ccccc67)c5)NC(c5ccc(-c6ccc(-c7ccccc7)cc6)cc5)=N4)cc3)cc2)cc1. The van der Waals surface area contributed by atoms with Crippen molar-refractivity contribution in [3.63, 3.8) is 0 Å². The van der Waals surface area contributed by atoms with Crippen LogP contribution in [0.1, 0.15) is 22.9 Å². The zero-order valence-corrected chi connectivity index (χ0v) is 45.4. The van der Waals surface area contributed by atoms with Gasteiger partial charge in [0, 0.05) is 53.0 Å². The largest absolute Gasteiger partial charge is 0.344 e. The number of thiophene rings is 1. The topological polar surface area (TPSA) is 41.7 Å². The number of fused-ring (bicyclic) bond motifs is 9. The fourth-order valence-corrected chi connectivity index (χ4v) is 13.4. The van der Waals surface area contributed by atoms with Gasteiger partial charge in [-0.05, 0) is 108 Å². The molecule has 1 aliphatic rings. The van der Waals surface area contributed by atoms with Crippen LogP contribution in [0.2, 0.25) is 0 Å². The lowest BCUT2D eigenvalue weighted by atomic mass is 9.97. The molecule has 4 nitrogen and oxygen atoms in total. The van der Waals surface area contributed by atoms with Crippen LogP contribution >= 0.6 is 11.3 Å². The highest BCUT2D eigenvalue weighted by molar-refractivity contribution is 7.25. The second-order valence-corrected chi connectivity index (χ2v) is 22.4.